The number of benzene rings is 2. The van der Waals surface area contributed by atoms with E-state index in [0.717, 1.165) is 16.9 Å². The minimum absolute atomic E-state index is 0.120. The molecule has 1 atom stereocenters. The van der Waals surface area contributed by atoms with E-state index in [-0.39, 0.29) is 19.2 Å². The first-order valence-electron chi connectivity index (χ1n) is 9.84. The van der Waals surface area contributed by atoms with Crippen LogP contribution in [0.5, 0.6) is 11.5 Å². The van der Waals surface area contributed by atoms with Crippen molar-refractivity contribution in [1.82, 2.24) is 15.1 Å². The molecule has 3 aliphatic heterocycles. The molecule has 0 saturated carbocycles. The van der Waals surface area contributed by atoms with E-state index in [4.69, 9.17) is 9.47 Å². The summed E-state index contributed by atoms with van der Waals surface area (Å²) < 4.78 is 10.7. The summed E-state index contributed by atoms with van der Waals surface area (Å²) >= 11 is 0. The molecular formula is C22H21N3O5. The maximum atomic E-state index is 13.2. The van der Waals surface area contributed by atoms with Gasteiger partial charge in [0, 0.05) is 13.1 Å². The minimum Gasteiger partial charge on any atom is -0.454 e. The van der Waals surface area contributed by atoms with Gasteiger partial charge in [0.05, 0.1) is 0 Å². The van der Waals surface area contributed by atoms with E-state index in [9.17, 15) is 14.4 Å². The smallest absolute Gasteiger partial charge is 0.325 e. The van der Waals surface area contributed by atoms with Crippen molar-refractivity contribution in [2.24, 2.45) is 0 Å². The van der Waals surface area contributed by atoms with Gasteiger partial charge in [-0.25, -0.2) is 4.79 Å². The van der Waals surface area contributed by atoms with Gasteiger partial charge in [-0.3, -0.25) is 14.5 Å². The van der Waals surface area contributed by atoms with E-state index in [2.05, 4.69) is 11.4 Å². The molecule has 0 aromatic heterocycles. The average molecular weight is 407 g/mol. The highest BCUT2D eigenvalue weighted by molar-refractivity contribution is 6.09. The number of rotatable bonds is 3. The molecule has 3 aliphatic rings. The molecule has 154 valence electrons. The number of nitrogens with zero attached hydrogens (tertiary/aromatic N) is 2. The lowest BCUT2D eigenvalue weighted by Crippen LogP contribution is -2.45. The van der Waals surface area contributed by atoms with Crippen LogP contribution in [0.3, 0.4) is 0 Å². The molecule has 8 nitrogen and oxygen atoms in total. The fourth-order valence-corrected chi connectivity index (χ4v) is 4.19. The van der Waals surface area contributed by atoms with Gasteiger partial charge in [0.2, 0.25) is 12.7 Å². The molecule has 5 rings (SSSR count). The van der Waals surface area contributed by atoms with Gasteiger partial charge in [-0.2, -0.15) is 0 Å². The van der Waals surface area contributed by atoms with E-state index in [1.54, 1.807) is 30.0 Å². The number of carbonyl (C=O) groups is 3. The highest BCUT2D eigenvalue weighted by atomic mass is 16.7. The van der Waals surface area contributed by atoms with Crippen LogP contribution in [0, 0.1) is 0 Å². The van der Waals surface area contributed by atoms with Crippen LogP contribution < -0.4 is 14.8 Å². The van der Waals surface area contributed by atoms with Crippen molar-refractivity contribution in [3.63, 3.8) is 0 Å². The van der Waals surface area contributed by atoms with Crippen LogP contribution in [0.1, 0.15) is 23.6 Å². The number of carbonyl (C=O) groups excluding carboxylic acids is 3. The molecule has 4 amide bonds. The first-order valence-corrected chi connectivity index (χ1v) is 9.84. The van der Waals surface area contributed by atoms with Crippen LogP contribution in [0.25, 0.3) is 0 Å². The molecule has 1 N–H and O–H groups in total. The topological polar surface area (TPSA) is 88.2 Å². The summed E-state index contributed by atoms with van der Waals surface area (Å²) in [5, 5.41) is 2.73. The van der Waals surface area contributed by atoms with Gasteiger partial charge in [0.25, 0.3) is 5.91 Å². The predicted octanol–water partition coefficient (Wildman–Crippen LogP) is 1.77. The summed E-state index contributed by atoms with van der Waals surface area (Å²) in [5.41, 5.74) is 1.63. The van der Waals surface area contributed by atoms with E-state index in [0.29, 0.717) is 30.2 Å². The van der Waals surface area contributed by atoms with Crippen molar-refractivity contribution in [2.75, 3.05) is 19.9 Å². The zero-order chi connectivity index (χ0) is 20.9. The Bertz CT molecular complexity index is 1070. The lowest BCUT2D eigenvalue weighted by molar-refractivity contribution is -0.139. The molecule has 8 heteroatoms. The Morgan fingerprint density at radius 3 is 2.70 bits per heavy atom. The number of ether oxygens (including phenoxy) is 2. The van der Waals surface area contributed by atoms with E-state index < -0.39 is 17.5 Å². The van der Waals surface area contributed by atoms with Crippen molar-refractivity contribution in [2.45, 2.75) is 25.4 Å². The number of fused-ring (bicyclic) bond motifs is 2. The molecule has 0 radical (unpaired) electrons. The Morgan fingerprint density at radius 2 is 1.87 bits per heavy atom. The van der Waals surface area contributed by atoms with Crippen LogP contribution in [-0.2, 0) is 28.1 Å². The highest BCUT2D eigenvalue weighted by Crippen LogP contribution is 2.37. The third-order valence-corrected chi connectivity index (χ3v) is 6.00. The summed E-state index contributed by atoms with van der Waals surface area (Å²) in [7, 11) is 0. The molecule has 2 aromatic carbocycles. The third kappa shape index (κ3) is 2.87. The van der Waals surface area contributed by atoms with Gasteiger partial charge in [-0.05, 0) is 42.2 Å². The first kappa shape index (κ1) is 18.5. The number of hydrogen-bond donors (Lipinski definition) is 1. The monoisotopic (exact) mass is 407 g/mol. The maximum absolute atomic E-state index is 13.2. The Morgan fingerprint density at radius 1 is 1.10 bits per heavy atom. The van der Waals surface area contributed by atoms with Crippen LogP contribution >= 0.6 is 0 Å². The molecule has 3 heterocycles. The zero-order valence-corrected chi connectivity index (χ0v) is 16.5. The number of urea groups is 1. The highest BCUT2D eigenvalue weighted by Gasteiger charge is 2.50. The fourth-order valence-electron chi connectivity index (χ4n) is 4.19. The Kier molecular flexibility index (Phi) is 4.16. The van der Waals surface area contributed by atoms with Gasteiger partial charge in [-0.1, -0.05) is 30.3 Å². The minimum atomic E-state index is -1.27. The standard InChI is InChI=1S/C22H21N3O5/c1-22(16-6-7-17-18(10-16)30-13-29-17)20(27)25(21(28)23-22)12-19(26)24-9-8-14-4-2-3-5-15(14)11-24/h2-7,10H,8-9,11-13H2,1H3,(H,23,28)/t22-/m1/s1. The molecule has 1 saturated heterocycles. The normalized spacial score (nSPS) is 22.2. The zero-order valence-electron chi connectivity index (χ0n) is 16.5. The quantitative estimate of drug-likeness (QED) is 0.784. The maximum Gasteiger partial charge on any atom is 0.325 e. The van der Waals surface area contributed by atoms with Crippen molar-refractivity contribution in [3.8, 4) is 11.5 Å². The van der Waals surface area contributed by atoms with Crippen molar-refractivity contribution < 1.29 is 23.9 Å². The van der Waals surface area contributed by atoms with Crippen molar-refractivity contribution >= 4 is 17.8 Å². The van der Waals surface area contributed by atoms with E-state index in [1.165, 1.54) is 5.56 Å². The first-order chi connectivity index (χ1) is 14.5. The molecule has 2 aromatic rings. The third-order valence-electron chi connectivity index (χ3n) is 6.00. The largest absolute Gasteiger partial charge is 0.454 e. The summed E-state index contributed by atoms with van der Waals surface area (Å²) in [6.07, 6.45) is 0.761. The second-order valence-corrected chi connectivity index (χ2v) is 7.85. The SMILES string of the molecule is C[C@]1(c2ccc3c(c2)OCO3)NC(=O)N(CC(=O)N2CCc3ccccc3C2)C1=O. The van der Waals surface area contributed by atoms with Crippen LogP contribution in [0.2, 0.25) is 0 Å². The molecule has 0 unspecified atom stereocenters. The summed E-state index contributed by atoms with van der Waals surface area (Å²) in [6.45, 7) is 2.52. The lowest BCUT2D eigenvalue weighted by atomic mass is 9.91. The fraction of sp³-hybridized carbons (Fsp3) is 0.318. The number of amides is 4. The average Bonchev–Trinajstić information content (AvgIpc) is 3.31. The molecule has 0 aliphatic carbocycles. The lowest BCUT2D eigenvalue weighted by Gasteiger charge is -2.30. The number of imide groups is 1. The van der Waals surface area contributed by atoms with E-state index >= 15 is 0 Å². The summed E-state index contributed by atoms with van der Waals surface area (Å²) in [4.78, 5) is 41.3. The van der Waals surface area contributed by atoms with E-state index in [1.807, 2.05) is 18.2 Å². The van der Waals surface area contributed by atoms with Crippen molar-refractivity contribution in [3.05, 3.63) is 59.2 Å². The van der Waals surface area contributed by atoms with Crippen LogP contribution in [0.15, 0.2) is 42.5 Å². The molecule has 0 spiro atoms. The molecule has 1 fully saturated rings. The van der Waals surface area contributed by atoms with Gasteiger partial charge < -0.3 is 19.7 Å². The molecule has 0 bridgehead atoms. The molecular weight excluding hydrogens is 386 g/mol. The Labute approximate surface area is 173 Å². The van der Waals surface area contributed by atoms with Crippen molar-refractivity contribution in [1.29, 1.82) is 0 Å². The van der Waals surface area contributed by atoms with Crippen LogP contribution in [-0.4, -0.2) is 47.5 Å². The van der Waals surface area contributed by atoms with Crippen LogP contribution in [0.4, 0.5) is 4.79 Å². The molecule has 30 heavy (non-hydrogen) atoms. The second kappa shape index (κ2) is 6.76. The Balaban J connectivity index is 1.33. The van der Waals surface area contributed by atoms with Gasteiger partial charge in [0.15, 0.2) is 11.5 Å². The second-order valence-electron chi connectivity index (χ2n) is 7.85. The number of nitrogens with one attached hydrogen (secondary N) is 1. The van der Waals surface area contributed by atoms with Gasteiger partial charge in [-0.15, -0.1) is 0 Å². The van der Waals surface area contributed by atoms with Gasteiger partial charge >= 0.3 is 6.03 Å². The summed E-state index contributed by atoms with van der Waals surface area (Å²) in [6, 6.07) is 12.5. The number of hydrogen-bond acceptors (Lipinski definition) is 5. The summed E-state index contributed by atoms with van der Waals surface area (Å²) in [5.74, 6) is 0.411. The Hall–Kier alpha value is -3.55. The predicted molar refractivity (Wildman–Crippen MR) is 106 cm³/mol. The van der Waals surface area contributed by atoms with Gasteiger partial charge in [0.1, 0.15) is 12.1 Å².